The van der Waals surface area contributed by atoms with E-state index in [4.69, 9.17) is 4.99 Å². The van der Waals surface area contributed by atoms with E-state index >= 15 is 0 Å². The summed E-state index contributed by atoms with van der Waals surface area (Å²) in [5.41, 5.74) is 0.190. The molecule has 0 radical (unpaired) electrons. The van der Waals surface area contributed by atoms with Gasteiger partial charge in [0.05, 0.1) is 13.1 Å². The van der Waals surface area contributed by atoms with Gasteiger partial charge < -0.3 is 15.5 Å². The molecule has 3 heterocycles. The van der Waals surface area contributed by atoms with Crippen molar-refractivity contribution in [1.82, 2.24) is 30.3 Å². The average Bonchev–Trinajstić information content (AvgIpc) is 3.19. The first-order chi connectivity index (χ1) is 12.0. The van der Waals surface area contributed by atoms with E-state index in [1.807, 2.05) is 23.4 Å². The number of rotatable bonds is 5. The SMILES string of the molecule is CCNC(=NCC1(N(C)C)CCSC1)NC1CCc2nc(C)nn2C1. The van der Waals surface area contributed by atoms with Crippen molar-refractivity contribution in [1.29, 1.82) is 0 Å². The standard InChI is InChI=1S/C17H31N7S/c1-5-18-16(19-11-17(23(3)4)8-9-25-12-17)21-14-6-7-15-20-13(2)22-24(15)10-14/h14H,5-12H2,1-4H3,(H2,18,19,21). The van der Waals surface area contributed by atoms with Crippen LogP contribution in [0.4, 0.5) is 0 Å². The highest BCUT2D eigenvalue weighted by atomic mass is 32.2. The molecule has 25 heavy (non-hydrogen) atoms. The van der Waals surface area contributed by atoms with Crippen LogP contribution in [0.25, 0.3) is 0 Å². The van der Waals surface area contributed by atoms with Crippen molar-refractivity contribution in [2.45, 2.75) is 51.2 Å². The first-order valence-corrected chi connectivity index (χ1v) is 10.4. The molecule has 0 aromatic carbocycles. The highest BCUT2D eigenvalue weighted by Crippen LogP contribution is 2.32. The van der Waals surface area contributed by atoms with Crippen molar-refractivity contribution >= 4 is 17.7 Å². The van der Waals surface area contributed by atoms with Crippen molar-refractivity contribution in [3.8, 4) is 0 Å². The van der Waals surface area contributed by atoms with Gasteiger partial charge in [-0.15, -0.1) is 0 Å². The van der Waals surface area contributed by atoms with Crippen LogP contribution in [-0.2, 0) is 13.0 Å². The van der Waals surface area contributed by atoms with Crippen molar-refractivity contribution in [2.75, 3.05) is 38.7 Å². The summed E-state index contributed by atoms with van der Waals surface area (Å²) in [4.78, 5) is 11.8. The molecule has 0 amide bonds. The topological polar surface area (TPSA) is 70.4 Å². The Bertz CT molecular complexity index is 604. The van der Waals surface area contributed by atoms with Gasteiger partial charge in [-0.05, 0) is 46.5 Å². The Morgan fingerprint density at radius 2 is 2.32 bits per heavy atom. The highest BCUT2D eigenvalue weighted by molar-refractivity contribution is 7.99. The fraction of sp³-hybridized carbons (Fsp3) is 0.824. The zero-order valence-corrected chi connectivity index (χ0v) is 16.7. The Morgan fingerprint density at radius 3 is 3.00 bits per heavy atom. The lowest BCUT2D eigenvalue weighted by Crippen LogP contribution is -2.50. The summed E-state index contributed by atoms with van der Waals surface area (Å²) in [6.07, 6.45) is 3.24. The number of hydrogen-bond donors (Lipinski definition) is 2. The Balaban J connectivity index is 1.65. The van der Waals surface area contributed by atoms with Crippen LogP contribution in [0.1, 0.15) is 31.4 Å². The Morgan fingerprint density at radius 1 is 1.48 bits per heavy atom. The van der Waals surface area contributed by atoms with Gasteiger partial charge in [-0.1, -0.05) is 0 Å². The number of aryl methyl sites for hydroxylation is 2. The first-order valence-electron chi connectivity index (χ1n) is 9.23. The lowest BCUT2D eigenvalue weighted by atomic mass is 9.98. The predicted molar refractivity (Wildman–Crippen MR) is 104 cm³/mol. The number of aliphatic imine (C=N–C) groups is 1. The van der Waals surface area contributed by atoms with E-state index in [9.17, 15) is 0 Å². The highest BCUT2D eigenvalue weighted by Gasteiger charge is 2.36. The second-order valence-electron chi connectivity index (χ2n) is 7.25. The second kappa shape index (κ2) is 7.95. The third-order valence-corrected chi connectivity index (χ3v) is 6.45. The number of aromatic nitrogens is 3. The first kappa shape index (κ1) is 18.5. The molecule has 1 saturated heterocycles. The summed E-state index contributed by atoms with van der Waals surface area (Å²) >= 11 is 2.03. The van der Waals surface area contributed by atoms with Gasteiger partial charge in [0.25, 0.3) is 0 Å². The smallest absolute Gasteiger partial charge is 0.191 e. The maximum absolute atomic E-state index is 4.94. The van der Waals surface area contributed by atoms with Gasteiger partial charge >= 0.3 is 0 Å². The molecular formula is C17H31N7S. The predicted octanol–water partition coefficient (Wildman–Crippen LogP) is 0.894. The molecule has 2 aliphatic heterocycles. The molecule has 0 bridgehead atoms. The lowest BCUT2D eigenvalue weighted by molar-refractivity contribution is 0.190. The van der Waals surface area contributed by atoms with Crippen LogP contribution in [-0.4, -0.2) is 75.9 Å². The monoisotopic (exact) mass is 365 g/mol. The van der Waals surface area contributed by atoms with Crippen LogP contribution < -0.4 is 10.6 Å². The number of fused-ring (bicyclic) bond motifs is 1. The molecule has 2 N–H and O–H groups in total. The minimum atomic E-state index is 0.190. The molecule has 0 spiro atoms. The fourth-order valence-corrected chi connectivity index (χ4v) is 5.05. The summed E-state index contributed by atoms with van der Waals surface area (Å²) in [7, 11) is 4.36. The molecule has 0 saturated carbocycles. The van der Waals surface area contributed by atoms with Crippen LogP contribution in [0.3, 0.4) is 0 Å². The number of hydrogen-bond acceptors (Lipinski definition) is 5. The van der Waals surface area contributed by atoms with Gasteiger partial charge in [0, 0.05) is 30.3 Å². The van der Waals surface area contributed by atoms with E-state index in [0.717, 1.165) is 55.8 Å². The zero-order chi connectivity index (χ0) is 17.9. The quantitative estimate of drug-likeness (QED) is 0.597. The van der Waals surface area contributed by atoms with E-state index in [2.05, 4.69) is 46.6 Å². The largest absolute Gasteiger partial charge is 0.357 e. The molecule has 0 aliphatic carbocycles. The molecule has 2 aliphatic rings. The van der Waals surface area contributed by atoms with Crippen molar-refractivity contribution in [2.24, 2.45) is 4.99 Å². The number of likely N-dealkylation sites (N-methyl/N-ethyl adjacent to an activating group) is 1. The molecule has 2 unspecified atom stereocenters. The van der Waals surface area contributed by atoms with Gasteiger partial charge in [-0.25, -0.2) is 9.67 Å². The minimum absolute atomic E-state index is 0.190. The van der Waals surface area contributed by atoms with E-state index in [-0.39, 0.29) is 5.54 Å². The van der Waals surface area contributed by atoms with Crippen LogP contribution in [0.5, 0.6) is 0 Å². The summed E-state index contributed by atoms with van der Waals surface area (Å²) in [5.74, 6) is 5.28. The third-order valence-electron chi connectivity index (χ3n) is 5.21. The van der Waals surface area contributed by atoms with Crippen LogP contribution >= 0.6 is 11.8 Å². The van der Waals surface area contributed by atoms with Crippen LogP contribution in [0.2, 0.25) is 0 Å². The average molecular weight is 366 g/mol. The minimum Gasteiger partial charge on any atom is -0.357 e. The summed E-state index contributed by atoms with van der Waals surface area (Å²) < 4.78 is 2.04. The van der Waals surface area contributed by atoms with Crippen molar-refractivity contribution < 1.29 is 0 Å². The van der Waals surface area contributed by atoms with Gasteiger partial charge in [-0.3, -0.25) is 4.99 Å². The molecule has 140 valence electrons. The van der Waals surface area contributed by atoms with Gasteiger partial charge in [-0.2, -0.15) is 16.9 Å². The Kier molecular flexibility index (Phi) is 5.89. The Labute approximate surface area is 155 Å². The van der Waals surface area contributed by atoms with E-state index < -0.39 is 0 Å². The molecule has 2 atom stereocenters. The molecule has 1 aromatic heterocycles. The number of nitrogens with zero attached hydrogens (tertiary/aromatic N) is 5. The second-order valence-corrected chi connectivity index (χ2v) is 8.36. The summed E-state index contributed by atoms with van der Waals surface area (Å²) in [5, 5.41) is 11.5. The van der Waals surface area contributed by atoms with Crippen LogP contribution in [0, 0.1) is 6.92 Å². The van der Waals surface area contributed by atoms with Gasteiger partial charge in [0.15, 0.2) is 5.96 Å². The third kappa shape index (κ3) is 4.28. The van der Waals surface area contributed by atoms with Gasteiger partial charge in [0.2, 0.25) is 0 Å². The maximum Gasteiger partial charge on any atom is 0.191 e. The normalized spacial score (nSPS) is 26.8. The maximum atomic E-state index is 4.94. The zero-order valence-electron chi connectivity index (χ0n) is 15.9. The number of nitrogens with one attached hydrogen (secondary N) is 2. The molecule has 8 heteroatoms. The molecule has 3 rings (SSSR count). The molecule has 1 fully saturated rings. The number of guanidine groups is 1. The molecule has 7 nitrogen and oxygen atoms in total. The van der Waals surface area contributed by atoms with Gasteiger partial charge in [0.1, 0.15) is 11.6 Å². The molecule has 1 aromatic rings. The summed E-state index contributed by atoms with van der Waals surface area (Å²) in [6, 6.07) is 0.347. The lowest BCUT2D eigenvalue weighted by Gasteiger charge is -2.34. The summed E-state index contributed by atoms with van der Waals surface area (Å²) in [6.45, 7) is 6.64. The van der Waals surface area contributed by atoms with Crippen LogP contribution in [0.15, 0.2) is 4.99 Å². The van der Waals surface area contributed by atoms with E-state index in [1.165, 1.54) is 12.2 Å². The van der Waals surface area contributed by atoms with Crippen molar-refractivity contribution in [3.63, 3.8) is 0 Å². The Hall–Kier alpha value is -1.28. The van der Waals surface area contributed by atoms with Crippen molar-refractivity contribution in [3.05, 3.63) is 11.6 Å². The van der Waals surface area contributed by atoms with E-state index in [1.54, 1.807) is 0 Å². The fourth-order valence-electron chi connectivity index (χ4n) is 3.51. The number of thioether (sulfide) groups is 1. The molecular weight excluding hydrogens is 334 g/mol. The van der Waals surface area contributed by atoms with E-state index in [0.29, 0.717) is 6.04 Å².